The topological polar surface area (TPSA) is 81.1 Å². The van der Waals surface area contributed by atoms with Crippen LogP contribution in [0.4, 0.5) is 0 Å². The molecule has 1 atom stereocenters. The summed E-state index contributed by atoms with van der Waals surface area (Å²) in [5, 5.41) is 2.64. The van der Waals surface area contributed by atoms with E-state index in [1.807, 2.05) is 30.3 Å². The molecule has 0 aliphatic heterocycles. The van der Waals surface area contributed by atoms with E-state index in [0.29, 0.717) is 13.1 Å². The maximum atomic E-state index is 11.4. The molecular formula is C10H15N3O. The highest BCUT2D eigenvalue weighted by atomic mass is 16.2. The van der Waals surface area contributed by atoms with Gasteiger partial charge >= 0.3 is 0 Å². The van der Waals surface area contributed by atoms with Gasteiger partial charge in [0.1, 0.15) is 6.04 Å². The van der Waals surface area contributed by atoms with Crippen LogP contribution in [0.3, 0.4) is 0 Å². The van der Waals surface area contributed by atoms with Gasteiger partial charge in [-0.3, -0.25) is 4.79 Å². The lowest BCUT2D eigenvalue weighted by Gasteiger charge is -2.11. The fraction of sp³-hybridized carbons (Fsp3) is 0.300. The molecule has 0 spiro atoms. The largest absolute Gasteiger partial charge is 0.353 e. The molecule has 0 fully saturated rings. The van der Waals surface area contributed by atoms with Gasteiger partial charge in [0.2, 0.25) is 5.91 Å². The Hall–Kier alpha value is -1.39. The van der Waals surface area contributed by atoms with E-state index in [-0.39, 0.29) is 5.91 Å². The van der Waals surface area contributed by atoms with Crippen LogP contribution in [0.1, 0.15) is 11.6 Å². The van der Waals surface area contributed by atoms with Crippen LogP contribution in [0, 0.1) is 0 Å². The van der Waals surface area contributed by atoms with Crippen molar-refractivity contribution in [1.82, 2.24) is 5.32 Å². The lowest BCUT2D eigenvalue weighted by molar-refractivity contribution is -0.122. The standard InChI is InChI=1S/C10H15N3O/c11-6-7-13-10(14)9(12)8-4-2-1-3-5-8/h1-5,9H,6-7,11-12H2,(H,13,14). The monoisotopic (exact) mass is 193 g/mol. The molecule has 1 amide bonds. The number of carbonyl (C=O) groups excluding carboxylic acids is 1. The fourth-order valence-corrected chi connectivity index (χ4v) is 1.12. The average molecular weight is 193 g/mol. The molecule has 0 bridgehead atoms. The predicted octanol–water partition coefficient (Wildman–Crippen LogP) is -0.239. The van der Waals surface area contributed by atoms with Crippen LogP contribution in [0.5, 0.6) is 0 Å². The maximum Gasteiger partial charge on any atom is 0.241 e. The van der Waals surface area contributed by atoms with Crippen molar-refractivity contribution in [2.45, 2.75) is 6.04 Å². The molecule has 0 saturated heterocycles. The van der Waals surface area contributed by atoms with E-state index in [1.54, 1.807) is 0 Å². The van der Waals surface area contributed by atoms with Gasteiger partial charge in [0.25, 0.3) is 0 Å². The minimum atomic E-state index is -0.609. The second kappa shape index (κ2) is 5.36. The van der Waals surface area contributed by atoms with Crippen molar-refractivity contribution in [2.24, 2.45) is 11.5 Å². The quantitative estimate of drug-likeness (QED) is 0.617. The first kappa shape index (κ1) is 10.7. The number of carbonyl (C=O) groups is 1. The van der Waals surface area contributed by atoms with Gasteiger partial charge in [-0.1, -0.05) is 30.3 Å². The summed E-state index contributed by atoms with van der Waals surface area (Å²) in [4.78, 5) is 11.4. The van der Waals surface area contributed by atoms with Crippen LogP contribution >= 0.6 is 0 Å². The molecule has 4 nitrogen and oxygen atoms in total. The van der Waals surface area contributed by atoms with E-state index in [2.05, 4.69) is 5.32 Å². The summed E-state index contributed by atoms with van der Waals surface area (Å²) < 4.78 is 0. The van der Waals surface area contributed by atoms with Crippen LogP contribution < -0.4 is 16.8 Å². The zero-order valence-corrected chi connectivity index (χ0v) is 7.94. The third-order valence-electron chi connectivity index (χ3n) is 1.88. The molecule has 0 heterocycles. The van der Waals surface area contributed by atoms with E-state index in [9.17, 15) is 4.79 Å². The summed E-state index contributed by atoms with van der Waals surface area (Å²) in [6.07, 6.45) is 0. The molecule has 0 aromatic heterocycles. The molecule has 14 heavy (non-hydrogen) atoms. The summed E-state index contributed by atoms with van der Waals surface area (Å²) in [6, 6.07) is 8.63. The lowest BCUT2D eigenvalue weighted by Crippen LogP contribution is -2.36. The number of amides is 1. The van der Waals surface area contributed by atoms with Gasteiger partial charge in [-0.05, 0) is 5.56 Å². The molecule has 5 N–H and O–H groups in total. The minimum Gasteiger partial charge on any atom is -0.353 e. The molecule has 76 valence electrons. The Morgan fingerprint density at radius 3 is 2.57 bits per heavy atom. The molecule has 0 radical (unpaired) electrons. The summed E-state index contributed by atoms with van der Waals surface area (Å²) in [6.45, 7) is 0.882. The highest BCUT2D eigenvalue weighted by molar-refractivity contribution is 5.82. The van der Waals surface area contributed by atoms with Crippen LogP contribution in [-0.4, -0.2) is 19.0 Å². The van der Waals surface area contributed by atoms with E-state index in [4.69, 9.17) is 11.5 Å². The number of hydrogen-bond donors (Lipinski definition) is 3. The Labute approximate surface area is 83.3 Å². The number of benzene rings is 1. The molecule has 0 saturated carbocycles. The van der Waals surface area contributed by atoms with Gasteiger partial charge in [0.15, 0.2) is 0 Å². The van der Waals surface area contributed by atoms with E-state index < -0.39 is 6.04 Å². The third kappa shape index (κ3) is 2.83. The first-order valence-electron chi connectivity index (χ1n) is 4.54. The maximum absolute atomic E-state index is 11.4. The van der Waals surface area contributed by atoms with E-state index >= 15 is 0 Å². The van der Waals surface area contributed by atoms with Crippen LogP contribution in [-0.2, 0) is 4.79 Å². The Balaban J connectivity index is 2.57. The highest BCUT2D eigenvalue weighted by Crippen LogP contribution is 2.08. The molecule has 4 heteroatoms. The SMILES string of the molecule is NCCNC(=O)C(N)c1ccccc1. The second-order valence-electron chi connectivity index (χ2n) is 2.97. The average Bonchev–Trinajstić information content (AvgIpc) is 2.26. The van der Waals surface area contributed by atoms with Crippen molar-refractivity contribution >= 4 is 5.91 Å². The van der Waals surface area contributed by atoms with Crippen molar-refractivity contribution in [3.63, 3.8) is 0 Å². The second-order valence-corrected chi connectivity index (χ2v) is 2.97. The number of nitrogens with two attached hydrogens (primary N) is 2. The van der Waals surface area contributed by atoms with Gasteiger partial charge in [-0.25, -0.2) is 0 Å². The Morgan fingerprint density at radius 2 is 2.00 bits per heavy atom. The zero-order valence-electron chi connectivity index (χ0n) is 7.94. The predicted molar refractivity (Wildman–Crippen MR) is 55.4 cm³/mol. The first-order chi connectivity index (χ1) is 6.75. The summed E-state index contributed by atoms with van der Waals surface area (Å²) in [5.74, 6) is -0.193. The number of rotatable bonds is 4. The molecule has 1 aromatic carbocycles. The van der Waals surface area contributed by atoms with Gasteiger partial charge < -0.3 is 16.8 Å². The highest BCUT2D eigenvalue weighted by Gasteiger charge is 2.13. The van der Waals surface area contributed by atoms with Crippen LogP contribution in [0.25, 0.3) is 0 Å². The van der Waals surface area contributed by atoms with Crippen LogP contribution in [0.15, 0.2) is 30.3 Å². The van der Waals surface area contributed by atoms with Crippen LogP contribution in [0.2, 0.25) is 0 Å². The Morgan fingerprint density at radius 1 is 1.36 bits per heavy atom. The van der Waals surface area contributed by atoms with Gasteiger partial charge in [-0.15, -0.1) is 0 Å². The van der Waals surface area contributed by atoms with E-state index in [1.165, 1.54) is 0 Å². The third-order valence-corrected chi connectivity index (χ3v) is 1.88. The van der Waals surface area contributed by atoms with Gasteiger partial charge in [0, 0.05) is 13.1 Å². The van der Waals surface area contributed by atoms with Crippen molar-refractivity contribution in [3.05, 3.63) is 35.9 Å². The number of hydrogen-bond acceptors (Lipinski definition) is 3. The lowest BCUT2D eigenvalue weighted by atomic mass is 10.1. The minimum absolute atomic E-state index is 0.193. The first-order valence-corrected chi connectivity index (χ1v) is 4.54. The zero-order chi connectivity index (χ0) is 10.4. The fourth-order valence-electron chi connectivity index (χ4n) is 1.12. The normalized spacial score (nSPS) is 12.1. The van der Waals surface area contributed by atoms with Gasteiger partial charge in [-0.2, -0.15) is 0 Å². The van der Waals surface area contributed by atoms with Gasteiger partial charge in [0.05, 0.1) is 0 Å². The summed E-state index contributed by atoms with van der Waals surface area (Å²) >= 11 is 0. The number of nitrogens with one attached hydrogen (secondary N) is 1. The van der Waals surface area contributed by atoms with Crippen molar-refractivity contribution < 1.29 is 4.79 Å². The summed E-state index contributed by atoms with van der Waals surface area (Å²) in [5.41, 5.74) is 11.8. The molecule has 0 aliphatic carbocycles. The molecule has 1 unspecified atom stereocenters. The smallest absolute Gasteiger partial charge is 0.241 e. The molecular weight excluding hydrogens is 178 g/mol. The molecule has 0 aliphatic rings. The molecule has 1 rings (SSSR count). The Bertz CT molecular complexity index is 287. The Kier molecular flexibility index (Phi) is 4.10. The van der Waals surface area contributed by atoms with Crippen molar-refractivity contribution in [2.75, 3.05) is 13.1 Å². The van der Waals surface area contributed by atoms with E-state index in [0.717, 1.165) is 5.56 Å². The van der Waals surface area contributed by atoms with Crippen molar-refractivity contribution in [3.8, 4) is 0 Å². The summed E-state index contributed by atoms with van der Waals surface area (Å²) in [7, 11) is 0. The molecule has 1 aromatic rings. The van der Waals surface area contributed by atoms with Crippen molar-refractivity contribution in [1.29, 1.82) is 0 Å².